The van der Waals surface area contributed by atoms with Crippen LogP contribution in [0.25, 0.3) is 33.8 Å². The number of ether oxygens (including phenoxy) is 1. The van der Waals surface area contributed by atoms with Gasteiger partial charge >= 0.3 is 0 Å². The maximum absolute atomic E-state index is 5.90. The van der Waals surface area contributed by atoms with Crippen molar-refractivity contribution in [1.29, 1.82) is 0 Å². The van der Waals surface area contributed by atoms with Crippen molar-refractivity contribution < 1.29 is 9.15 Å². The summed E-state index contributed by atoms with van der Waals surface area (Å²) >= 11 is 0. The van der Waals surface area contributed by atoms with E-state index < -0.39 is 0 Å². The molecular weight excluding hydrogens is 290 g/mol. The van der Waals surface area contributed by atoms with E-state index in [-0.39, 0.29) is 0 Å². The molecule has 0 bridgehead atoms. The summed E-state index contributed by atoms with van der Waals surface area (Å²) in [5.74, 6) is 3.02. The zero-order chi connectivity index (χ0) is 15.8. The number of hydrogen-bond donors (Lipinski definition) is 1. The first kappa shape index (κ1) is 13.6. The largest absolute Gasteiger partial charge is 0.497 e. The number of oxazole rings is 1. The minimum absolute atomic E-state index is 0.588. The molecule has 0 spiro atoms. The lowest BCUT2D eigenvalue weighted by atomic mass is 10.2. The Balaban J connectivity index is 1.70. The van der Waals surface area contributed by atoms with Crippen molar-refractivity contribution in [2.45, 2.75) is 6.92 Å². The average Bonchev–Trinajstić information content (AvgIpc) is 3.19. The van der Waals surface area contributed by atoms with Gasteiger partial charge in [0.1, 0.15) is 11.6 Å². The monoisotopic (exact) mass is 305 g/mol. The molecule has 4 aromatic rings. The molecule has 2 aromatic carbocycles. The van der Waals surface area contributed by atoms with E-state index in [9.17, 15) is 0 Å². The number of hydrogen-bond acceptors (Lipinski definition) is 4. The molecule has 0 unspecified atom stereocenters. The van der Waals surface area contributed by atoms with Crippen LogP contribution in [0.3, 0.4) is 0 Å². The molecule has 4 rings (SSSR count). The Hall–Kier alpha value is -3.08. The minimum atomic E-state index is 0.588. The highest BCUT2D eigenvalue weighted by Crippen LogP contribution is 2.28. The number of benzene rings is 2. The number of nitrogens with one attached hydrogen (secondary N) is 1. The van der Waals surface area contributed by atoms with Gasteiger partial charge in [-0.05, 0) is 49.4 Å². The van der Waals surface area contributed by atoms with E-state index in [2.05, 4.69) is 15.0 Å². The average molecular weight is 305 g/mol. The summed E-state index contributed by atoms with van der Waals surface area (Å²) in [7, 11) is 1.65. The number of rotatable bonds is 3. The fourth-order valence-electron chi connectivity index (χ4n) is 2.57. The third kappa shape index (κ3) is 2.46. The van der Waals surface area contributed by atoms with Crippen LogP contribution in [0.2, 0.25) is 0 Å². The first-order chi connectivity index (χ1) is 11.2. The molecule has 114 valence electrons. The zero-order valence-electron chi connectivity index (χ0n) is 12.8. The molecule has 0 amide bonds. The number of aromatic nitrogens is 3. The van der Waals surface area contributed by atoms with E-state index >= 15 is 0 Å². The molecule has 5 heteroatoms. The maximum atomic E-state index is 5.90. The highest BCUT2D eigenvalue weighted by atomic mass is 16.5. The number of aromatic amines is 1. The Bertz CT molecular complexity index is 968. The molecule has 0 fully saturated rings. The summed E-state index contributed by atoms with van der Waals surface area (Å²) in [6.45, 7) is 1.94. The molecule has 0 aliphatic carbocycles. The molecule has 1 N–H and O–H groups in total. The highest BCUT2D eigenvalue weighted by molar-refractivity contribution is 5.80. The molecule has 5 nitrogen and oxygen atoms in total. The van der Waals surface area contributed by atoms with Gasteiger partial charge < -0.3 is 14.1 Å². The van der Waals surface area contributed by atoms with Gasteiger partial charge in [0.15, 0.2) is 5.76 Å². The quantitative estimate of drug-likeness (QED) is 0.616. The normalized spacial score (nSPS) is 11.0. The van der Waals surface area contributed by atoms with Crippen molar-refractivity contribution in [1.82, 2.24) is 15.0 Å². The molecule has 2 aromatic heterocycles. The van der Waals surface area contributed by atoms with Gasteiger partial charge in [-0.15, -0.1) is 0 Å². The molecule has 0 aliphatic heterocycles. The molecular formula is C18H15N3O2. The fourth-order valence-corrected chi connectivity index (χ4v) is 2.57. The van der Waals surface area contributed by atoms with Crippen LogP contribution in [0, 0.1) is 6.92 Å². The van der Waals surface area contributed by atoms with Crippen molar-refractivity contribution >= 4 is 11.0 Å². The summed E-state index contributed by atoms with van der Waals surface area (Å²) in [5, 5.41) is 0. The molecule has 0 saturated heterocycles. The van der Waals surface area contributed by atoms with Crippen molar-refractivity contribution in [3.8, 4) is 28.5 Å². The van der Waals surface area contributed by atoms with Crippen molar-refractivity contribution in [3.05, 3.63) is 54.5 Å². The SMILES string of the molecule is COc1ccc(-c2cnc(-c3ccc4nc(C)[nH]c4c3)o2)cc1. The van der Waals surface area contributed by atoms with Crippen LogP contribution in [0.15, 0.2) is 53.1 Å². The topological polar surface area (TPSA) is 63.9 Å². The number of methoxy groups -OCH3 is 1. The van der Waals surface area contributed by atoms with Gasteiger partial charge in [-0.3, -0.25) is 0 Å². The predicted molar refractivity (Wildman–Crippen MR) is 88.3 cm³/mol. The van der Waals surface area contributed by atoms with Crippen LogP contribution in [0.1, 0.15) is 5.82 Å². The summed E-state index contributed by atoms with van der Waals surface area (Å²) in [6, 6.07) is 13.6. The Labute approximate surface area is 133 Å². The van der Waals surface area contributed by atoms with Crippen LogP contribution >= 0.6 is 0 Å². The molecule has 0 radical (unpaired) electrons. The molecule has 23 heavy (non-hydrogen) atoms. The van der Waals surface area contributed by atoms with Gasteiger partial charge in [0.05, 0.1) is 24.3 Å². The summed E-state index contributed by atoms with van der Waals surface area (Å²) < 4.78 is 11.1. The Morgan fingerprint density at radius 2 is 1.83 bits per heavy atom. The van der Waals surface area contributed by atoms with E-state index in [1.165, 1.54) is 0 Å². The molecule has 0 saturated carbocycles. The number of aryl methyl sites for hydroxylation is 1. The standard InChI is InChI=1S/C18H15N3O2/c1-11-20-15-8-5-13(9-16(15)21-11)18-19-10-17(23-18)12-3-6-14(22-2)7-4-12/h3-10H,1-2H3,(H,20,21). The van der Waals surface area contributed by atoms with E-state index in [0.29, 0.717) is 5.89 Å². The van der Waals surface area contributed by atoms with Crippen LogP contribution < -0.4 is 4.74 Å². The summed E-state index contributed by atoms with van der Waals surface area (Å²) in [4.78, 5) is 12.0. The predicted octanol–water partition coefficient (Wildman–Crippen LogP) is 4.20. The number of H-pyrrole nitrogens is 1. The number of nitrogens with zero attached hydrogens (tertiary/aromatic N) is 2. The van der Waals surface area contributed by atoms with E-state index in [4.69, 9.17) is 9.15 Å². The first-order valence-electron chi connectivity index (χ1n) is 7.30. The number of imidazole rings is 1. The third-order valence-electron chi connectivity index (χ3n) is 3.73. The zero-order valence-corrected chi connectivity index (χ0v) is 12.8. The van der Waals surface area contributed by atoms with Gasteiger partial charge in [0.2, 0.25) is 5.89 Å². The van der Waals surface area contributed by atoms with Crippen molar-refractivity contribution in [2.24, 2.45) is 0 Å². The van der Waals surface area contributed by atoms with Gasteiger partial charge in [-0.25, -0.2) is 9.97 Å². The molecule has 0 atom stereocenters. The minimum Gasteiger partial charge on any atom is -0.497 e. The third-order valence-corrected chi connectivity index (χ3v) is 3.73. The lowest BCUT2D eigenvalue weighted by Crippen LogP contribution is -1.81. The Kier molecular flexibility index (Phi) is 3.12. The molecule has 2 heterocycles. The van der Waals surface area contributed by atoms with Gasteiger partial charge in [-0.2, -0.15) is 0 Å². The van der Waals surface area contributed by atoms with Crippen LogP contribution in [0.5, 0.6) is 5.75 Å². The first-order valence-corrected chi connectivity index (χ1v) is 7.30. The maximum Gasteiger partial charge on any atom is 0.226 e. The van der Waals surface area contributed by atoms with Crippen LogP contribution in [0.4, 0.5) is 0 Å². The van der Waals surface area contributed by atoms with E-state index in [1.807, 2.05) is 49.4 Å². The van der Waals surface area contributed by atoms with E-state index in [0.717, 1.165) is 39.5 Å². The summed E-state index contributed by atoms with van der Waals surface area (Å²) in [5.41, 5.74) is 3.79. The Morgan fingerprint density at radius 3 is 2.61 bits per heavy atom. The summed E-state index contributed by atoms with van der Waals surface area (Å²) in [6.07, 6.45) is 1.74. The second-order valence-electron chi connectivity index (χ2n) is 5.31. The Morgan fingerprint density at radius 1 is 1.04 bits per heavy atom. The smallest absolute Gasteiger partial charge is 0.226 e. The van der Waals surface area contributed by atoms with Crippen LogP contribution in [-0.2, 0) is 0 Å². The second kappa shape index (κ2) is 5.28. The lowest BCUT2D eigenvalue weighted by Gasteiger charge is -2.00. The van der Waals surface area contributed by atoms with Gasteiger partial charge in [0, 0.05) is 11.1 Å². The van der Waals surface area contributed by atoms with Crippen molar-refractivity contribution in [3.63, 3.8) is 0 Å². The van der Waals surface area contributed by atoms with Crippen LogP contribution in [-0.4, -0.2) is 22.1 Å². The highest BCUT2D eigenvalue weighted by Gasteiger charge is 2.10. The second-order valence-corrected chi connectivity index (χ2v) is 5.31. The number of fused-ring (bicyclic) bond motifs is 1. The van der Waals surface area contributed by atoms with Crippen molar-refractivity contribution in [2.75, 3.05) is 7.11 Å². The lowest BCUT2D eigenvalue weighted by molar-refractivity contribution is 0.415. The van der Waals surface area contributed by atoms with E-state index in [1.54, 1.807) is 13.3 Å². The van der Waals surface area contributed by atoms with Gasteiger partial charge in [0.25, 0.3) is 0 Å². The fraction of sp³-hybridized carbons (Fsp3) is 0.111. The molecule has 0 aliphatic rings. The van der Waals surface area contributed by atoms with Gasteiger partial charge in [-0.1, -0.05) is 0 Å².